The Hall–Kier alpha value is -6.85. The van der Waals surface area contributed by atoms with Gasteiger partial charge in [0.05, 0.1) is 0 Å². The summed E-state index contributed by atoms with van der Waals surface area (Å²) in [5, 5.41) is 4.25. The van der Waals surface area contributed by atoms with Crippen molar-refractivity contribution in [3.8, 4) is 56.4 Å². The molecule has 0 saturated heterocycles. The maximum atomic E-state index is 6.48. The minimum absolute atomic E-state index is 0.553. The highest BCUT2D eigenvalue weighted by Crippen LogP contribution is 2.42. The van der Waals surface area contributed by atoms with Crippen molar-refractivity contribution >= 4 is 43.9 Å². The number of furan rings is 2. The van der Waals surface area contributed by atoms with E-state index in [2.05, 4.69) is 84.9 Å². The standard InChI is InChI=1S/C45H27N3O2/c1-4-14-28(15-5-1)34-26-36-32-20-10-12-22-38(32)49-40(36)27-37(34)45-47-43(30-18-8-3-9-19-30)46-44(48-45)31-24-35(29-16-6-2-7-17-29)42-33-21-11-13-23-39(33)50-41(42)25-31/h1-27H. The quantitative estimate of drug-likeness (QED) is 0.187. The van der Waals surface area contributed by atoms with Crippen LogP contribution in [0.25, 0.3) is 100 Å². The van der Waals surface area contributed by atoms with Crippen molar-refractivity contribution in [1.82, 2.24) is 15.0 Å². The van der Waals surface area contributed by atoms with Crippen LogP contribution in [-0.4, -0.2) is 15.0 Å². The Labute approximate surface area is 287 Å². The molecule has 0 saturated carbocycles. The number of aromatic nitrogens is 3. The van der Waals surface area contributed by atoms with Crippen molar-refractivity contribution in [2.45, 2.75) is 0 Å². The van der Waals surface area contributed by atoms with E-state index in [4.69, 9.17) is 23.8 Å². The molecule has 0 aliphatic carbocycles. The Morgan fingerprint density at radius 1 is 0.300 bits per heavy atom. The van der Waals surface area contributed by atoms with E-state index < -0.39 is 0 Å². The lowest BCUT2D eigenvalue weighted by molar-refractivity contribution is 0.669. The van der Waals surface area contributed by atoms with E-state index in [1.165, 1.54) is 0 Å². The highest BCUT2D eigenvalue weighted by molar-refractivity contribution is 6.13. The summed E-state index contributed by atoms with van der Waals surface area (Å²) in [6, 6.07) is 55.7. The average molecular weight is 642 g/mol. The molecule has 3 aromatic heterocycles. The first-order chi connectivity index (χ1) is 24.8. The smallest absolute Gasteiger partial charge is 0.164 e. The lowest BCUT2D eigenvalue weighted by atomic mass is 9.96. The zero-order valence-corrected chi connectivity index (χ0v) is 26.7. The first kappa shape index (κ1) is 28.2. The minimum atomic E-state index is 0.553. The molecule has 10 rings (SSSR count). The summed E-state index contributed by atoms with van der Waals surface area (Å²) in [5.74, 6) is 1.69. The molecule has 234 valence electrons. The van der Waals surface area contributed by atoms with Gasteiger partial charge in [0.1, 0.15) is 22.3 Å². The molecule has 3 heterocycles. The predicted molar refractivity (Wildman–Crippen MR) is 202 cm³/mol. The summed E-state index contributed by atoms with van der Waals surface area (Å²) in [4.78, 5) is 15.5. The van der Waals surface area contributed by atoms with Gasteiger partial charge in [-0.2, -0.15) is 0 Å². The molecule has 50 heavy (non-hydrogen) atoms. The molecule has 5 nitrogen and oxygen atoms in total. The second-order valence-corrected chi connectivity index (χ2v) is 12.4. The maximum Gasteiger partial charge on any atom is 0.164 e. The number of nitrogens with zero attached hydrogens (tertiary/aromatic N) is 3. The molecule has 0 bridgehead atoms. The third-order valence-corrected chi connectivity index (χ3v) is 9.33. The Kier molecular flexibility index (Phi) is 6.42. The molecule has 0 fully saturated rings. The molecule has 0 N–H and O–H groups in total. The van der Waals surface area contributed by atoms with Gasteiger partial charge in [0.25, 0.3) is 0 Å². The SMILES string of the molecule is c1ccc(-c2nc(-c3cc(-c4ccccc4)c4c(c3)oc3ccccc34)nc(-c3cc4oc5ccccc5c4cc3-c3ccccc3)n2)cc1. The van der Waals surface area contributed by atoms with Gasteiger partial charge in [0.15, 0.2) is 17.5 Å². The number of fused-ring (bicyclic) bond motifs is 6. The molecule has 0 atom stereocenters. The van der Waals surface area contributed by atoms with Crippen LogP contribution in [0, 0.1) is 0 Å². The van der Waals surface area contributed by atoms with Gasteiger partial charge in [-0.05, 0) is 58.7 Å². The summed E-state index contributed by atoms with van der Waals surface area (Å²) in [7, 11) is 0. The van der Waals surface area contributed by atoms with Crippen molar-refractivity contribution in [1.29, 1.82) is 0 Å². The molecule has 0 amide bonds. The van der Waals surface area contributed by atoms with Crippen molar-refractivity contribution in [2.75, 3.05) is 0 Å². The molecule has 0 spiro atoms. The second-order valence-electron chi connectivity index (χ2n) is 12.4. The highest BCUT2D eigenvalue weighted by Gasteiger charge is 2.21. The largest absolute Gasteiger partial charge is 0.456 e. The predicted octanol–water partition coefficient (Wildman–Crippen LogP) is 12.0. The van der Waals surface area contributed by atoms with Gasteiger partial charge in [0.2, 0.25) is 0 Å². The Bertz CT molecular complexity index is 2860. The summed E-state index contributed by atoms with van der Waals surface area (Å²) >= 11 is 0. The lowest BCUT2D eigenvalue weighted by Gasteiger charge is -2.13. The van der Waals surface area contributed by atoms with Crippen LogP contribution in [0.3, 0.4) is 0 Å². The van der Waals surface area contributed by atoms with Crippen LogP contribution < -0.4 is 0 Å². The molecule has 0 aliphatic heterocycles. The van der Waals surface area contributed by atoms with E-state index in [1.54, 1.807) is 0 Å². The molecule has 0 radical (unpaired) electrons. The second kappa shape index (κ2) is 11.4. The molecule has 0 aliphatic rings. The van der Waals surface area contributed by atoms with Gasteiger partial charge in [-0.3, -0.25) is 0 Å². The Morgan fingerprint density at radius 2 is 0.820 bits per heavy atom. The summed E-state index contributed by atoms with van der Waals surface area (Å²) in [6.07, 6.45) is 0. The normalized spacial score (nSPS) is 11.6. The summed E-state index contributed by atoms with van der Waals surface area (Å²) in [6.45, 7) is 0. The van der Waals surface area contributed by atoms with Crippen LogP contribution in [0.1, 0.15) is 0 Å². The monoisotopic (exact) mass is 641 g/mol. The summed E-state index contributed by atoms with van der Waals surface area (Å²) < 4.78 is 12.9. The zero-order chi connectivity index (χ0) is 33.0. The molecule has 7 aromatic carbocycles. The first-order valence-electron chi connectivity index (χ1n) is 16.6. The fraction of sp³-hybridized carbons (Fsp3) is 0. The van der Waals surface area contributed by atoms with Gasteiger partial charge in [0, 0.05) is 38.2 Å². The van der Waals surface area contributed by atoms with Crippen LogP contribution in [0.15, 0.2) is 173 Å². The van der Waals surface area contributed by atoms with E-state index in [-0.39, 0.29) is 0 Å². The maximum absolute atomic E-state index is 6.48. The topological polar surface area (TPSA) is 65.0 Å². The fourth-order valence-corrected chi connectivity index (χ4v) is 6.98. The third kappa shape index (κ3) is 4.67. The van der Waals surface area contributed by atoms with Gasteiger partial charge in [-0.15, -0.1) is 0 Å². The van der Waals surface area contributed by atoms with Crippen LogP contribution in [-0.2, 0) is 0 Å². The Morgan fingerprint density at radius 3 is 1.52 bits per heavy atom. The van der Waals surface area contributed by atoms with Crippen molar-refractivity contribution < 1.29 is 8.83 Å². The number of hydrogen-bond donors (Lipinski definition) is 0. The number of benzene rings is 7. The highest BCUT2D eigenvalue weighted by atomic mass is 16.3. The van der Waals surface area contributed by atoms with Gasteiger partial charge in [-0.25, -0.2) is 15.0 Å². The number of para-hydroxylation sites is 2. The van der Waals surface area contributed by atoms with Crippen molar-refractivity contribution in [2.24, 2.45) is 0 Å². The number of rotatable bonds is 5. The summed E-state index contributed by atoms with van der Waals surface area (Å²) in [5.41, 5.74) is 10.0. The zero-order valence-electron chi connectivity index (χ0n) is 26.7. The van der Waals surface area contributed by atoms with Crippen LogP contribution in [0.5, 0.6) is 0 Å². The van der Waals surface area contributed by atoms with E-state index in [1.807, 2.05) is 78.9 Å². The molecule has 5 heteroatoms. The van der Waals surface area contributed by atoms with Crippen LogP contribution in [0.2, 0.25) is 0 Å². The molecule has 0 unspecified atom stereocenters. The van der Waals surface area contributed by atoms with E-state index in [0.29, 0.717) is 17.5 Å². The van der Waals surface area contributed by atoms with Gasteiger partial charge >= 0.3 is 0 Å². The van der Waals surface area contributed by atoms with Crippen molar-refractivity contribution in [3.63, 3.8) is 0 Å². The third-order valence-electron chi connectivity index (χ3n) is 9.33. The molecule has 10 aromatic rings. The van der Waals surface area contributed by atoms with E-state index in [0.717, 1.165) is 82.8 Å². The van der Waals surface area contributed by atoms with E-state index in [9.17, 15) is 0 Å². The number of hydrogen-bond acceptors (Lipinski definition) is 5. The van der Waals surface area contributed by atoms with Crippen LogP contribution in [0.4, 0.5) is 0 Å². The lowest BCUT2D eigenvalue weighted by Crippen LogP contribution is -2.01. The average Bonchev–Trinajstić information content (AvgIpc) is 3.76. The van der Waals surface area contributed by atoms with Crippen LogP contribution >= 0.6 is 0 Å². The van der Waals surface area contributed by atoms with Gasteiger partial charge in [-0.1, -0.05) is 127 Å². The minimum Gasteiger partial charge on any atom is -0.456 e. The molecular weight excluding hydrogens is 615 g/mol. The fourth-order valence-electron chi connectivity index (χ4n) is 6.98. The molecular formula is C45H27N3O2. The first-order valence-corrected chi connectivity index (χ1v) is 16.6. The van der Waals surface area contributed by atoms with E-state index >= 15 is 0 Å². The van der Waals surface area contributed by atoms with Crippen molar-refractivity contribution in [3.05, 3.63) is 164 Å². The van der Waals surface area contributed by atoms with Gasteiger partial charge < -0.3 is 8.83 Å². The Balaban J connectivity index is 1.27.